The van der Waals surface area contributed by atoms with Crippen molar-refractivity contribution in [3.8, 4) is 47.3 Å². The number of hydrogen-bond acceptors (Lipinski definition) is 1. The lowest BCUT2D eigenvalue weighted by molar-refractivity contribution is 0.488. The number of fused-ring (bicyclic) bond motifs is 1. The lowest BCUT2D eigenvalue weighted by atomic mass is 9.77. The third-order valence-electron chi connectivity index (χ3n) is 15.4. The van der Waals surface area contributed by atoms with Crippen molar-refractivity contribution in [3.63, 3.8) is 0 Å². The van der Waals surface area contributed by atoms with E-state index in [-0.39, 0.29) is 5.92 Å². The molecule has 0 radical (unpaired) electrons. The van der Waals surface area contributed by atoms with Gasteiger partial charge in [-0.3, -0.25) is 4.99 Å². The first-order valence-electron chi connectivity index (χ1n) is 31.5. The van der Waals surface area contributed by atoms with Gasteiger partial charge in [0.1, 0.15) is 5.16 Å². The molecule has 1 heterocycles. The first kappa shape index (κ1) is 64.7. The predicted molar refractivity (Wildman–Crippen MR) is 322 cm³/mol. The molecule has 0 aromatic heterocycles. The number of nitrogens with zero attached hydrogens (tertiary/aromatic N) is 1. The Morgan fingerprint density at radius 3 is 1.17 bits per heavy atom. The zero-order chi connectivity index (χ0) is 51.1. The quantitative estimate of drug-likeness (QED) is 0.0327. The molecule has 0 fully saturated rings. The fourth-order valence-corrected chi connectivity index (χ4v) is 12.7. The van der Waals surface area contributed by atoms with Crippen LogP contribution in [-0.2, 0) is 0 Å². The Kier molecular flexibility index (Phi) is 42.0. The highest BCUT2D eigenvalue weighted by Gasteiger charge is 2.47. The zero-order valence-electron chi connectivity index (χ0n) is 48.2. The summed E-state index contributed by atoms with van der Waals surface area (Å²) in [5, 5.41) is -0.750. The molecule has 2 unspecified atom stereocenters. The van der Waals surface area contributed by atoms with Gasteiger partial charge in [0.05, 0.1) is 13.6 Å². The Bertz CT molecular complexity index is 1650. The van der Waals surface area contributed by atoms with Crippen LogP contribution in [0.5, 0.6) is 0 Å². The minimum Gasteiger partial charge on any atom is -0.252 e. The second-order valence-corrected chi connectivity index (χ2v) is 23.8. The van der Waals surface area contributed by atoms with Crippen LogP contribution in [0.3, 0.4) is 0 Å². The van der Waals surface area contributed by atoms with Crippen molar-refractivity contribution in [3.05, 3.63) is 34.6 Å². The van der Waals surface area contributed by atoms with Gasteiger partial charge in [0.15, 0.2) is 0 Å². The Labute approximate surface area is 446 Å². The molecule has 0 bridgehead atoms. The van der Waals surface area contributed by atoms with E-state index in [1.165, 1.54) is 254 Å². The highest BCUT2D eigenvalue weighted by atomic mass is 31.1. The molecule has 71 heavy (non-hydrogen) atoms. The van der Waals surface area contributed by atoms with E-state index in [0.717, 1.165) is 69.9 Å². The van der Waals surface area contributed by atoms with Gasteiger partial charge in [0.2, 0.25) is 0 Å². The standard InChI is InChI=1S/C69H114NP/c1-8-14-18-22-25-28-31-34-37-40-43-46-50-54-61-71(62-55-51-47-44-41-38-35-32-29-26-23-19-15-9-2)69(13-6,60-53-49-45-42-39-36-33-30-27-24-20-16-10-3)64(57-52-48-21-17-11-4)68-65(56-12-5)70-66-59-58-63(7)67(66)68/h6,58-59,64H,8-12,14-52,56-57H2,1-5,7H3. The summed E-state index contributed by atoms with van der Waals surface area (Å²) in [6, 6.07) is 0. The molecule has 0 spiro atoms. The number of hydrogen-bond donors (Lipinski definition) is 0. The first-order valence-corrected chi connectivity index (χ1v) is 32.8. The van der Waals surface area contributed by atoms with Crippen molar-refractivity contribution in [2.75, 3.05) is 0 Å². The number of terminal acetylenes is 1. The third-order valence-corrected chi connectivity index (χ3v) is 17.4. The van der Waals surface area contributed by atoms with Gasteiger partial charge in [-0.05, 0) is 56.3 Å². The summed E-state index contributed by atoms with van der Waals surface area (Å²) in [7, 11) is -1.23. The van der Waals surface area contributed by atoms with E-state index in [0.29, 0.717) is 0 Å². The first-order chi connectivity index (χ1) is 35.0. The van der Waals surface area contributed by atoms with Gasteiger partial charge in [0.25, 0.3) is 0 Å². The molecule has 0 N–H and O–H groups in total. The van der Waals surface area contributed by atoms with Crippen molar-refractivity contribution >= 4 is 13.6 Å². The molecule has 1 aliphatic carbocycles. The van der Waals surface area contributed by atoms with Crippen LogP contribution in [0.4, 0.5) is 0 Å². The summed E-state index contributed by atoms with van der Waals surface area (Å²) < 4.78 is 0. The van der Waals surface area contributed by atoms with Gasteiger partial charge in [-0.25, -0.2) is 0 Å². The fourth-order valence-electron chi connectivity index (χ4n) is 10.8. The molecule has 1 aliphatic heterocycles. The predicted octanol–water partition coefficient (Wildman–Crippen LogP) is 23.0. The minimum absolute atomic E-state index is 0.0552. The van der Waals surface area contributed by atoms with Gasteiger partial charge < -0.3 is 0 Å². The van der Waals surface area contributed by atoms with Crippen molar-refractivity contribution < 1.29 is 0 Å². The molecule has 1 nitrogen and oxygen atoms in total. The monoisotopic (exact) mass is 988 g/mol. The summed E-state index contributed by atoms with van der Waals surface area (Å²) in [5.74, 6) is 19.0. The minimum atomic E-state index is -1.23. The number of aliphatic imine (C=N–C) groups is 1. The smallest absolute Gasteiger partial charge is 0.140 e. The average molecular weight is 989 g/mol. The highest BCUT2D eigenvalue weighted by Crippen LogP contribution is 2.58. The molecule has 2 aliphatic rings. The largest absolute Gasteiger partial charge is 0.252 e. The molecule has 0 aromatic rings. The molecule has 2 rings (SSSR count). The van der Waals surface area contributed by atoms with Crippen LogP contribution in [-0.4, -0.2) is 10.9 Å². The van der Waals surface area contributed by atoms with E-state index in [9.17, 15) is 0 Å². The Balaban J connectivity index is 2.41. The van der Waals surface area contributed by atoms with Crippen LogP contribution in [0.2, 0.25) is 0 Å². The molecular weight excluding hydrogens is 874 g/mol. The van der Waals surface area contributed by atoms with E-state index < -0.39 is 13.1 Å². The normalized spacial score (nSPS) is 14.1. The molecule has 2 atom stereocenters. The number of allylic oxidation sites excluding steroid dienone is 6. The molecule has 0 saturated carbocycles. The maximum atomic E-state index is 7.10. The molecule has 0 aromatic carbocycles. The summed E-state index contributed by atoms with van der Waals surface area (Å²) >= 11 is 0. The molecule has 0 saturated heterocycles. The summed E-state index contributed by atoms with van der Waals surface area (Å²) in [6.45, 7) is 13.8. The summed E-state index contributed by atoms with van der Waals surface area (Å²) in [5.41, 5.74) is 14.3. The second-order valence-electron chi connectivity index (χ2n) is 21.9. The maximum absolute atomic E-state index is 7.10. The third kappa shape index (κ3) is 29.3. The molecular formula is C69H114NP. The lowest BCUT2D eigenvalue weighted by Gasteiger charge is -2.37. The second kappa shape index (κ2) is 46.1. The Morgan fingerprint density at radius 2 is 0.803 bits per heavy atom. The number of rotatable bonds is 46. The summed E-state index contributed by atoms with van der Waals surface area (Å²) in [6.07, 6.45) is 71.0. The van der Waals surface area contributed by atoms with Gasteiger partial charge in [-0.15, -0.1) is 12.3 Å². The van der Waals surface area contributed by atoms with Crippen LogP contribution in [0, 0.1) is 53.3 Å². The lowest BCUT2D eigenvalue weighted by Crippen LogP contribution is -2.35. The zero-order valence-corrected chi connectivity index (χ0v) is 49.1. The summed E-state index contributed by atoms with van der Waals surface area (Å²) in [4.78, 5) is 5.38. The SMILES string of the molecule is C#CC(C#CCCCCCCCCCCCCC)(C(CCCCCCC)C1=C(CCC)N=C2C=CC(C)=C21)P(C#CCCCCCCCCCCCCCC)C#CCCCCCCCCCCCCCC. The molecule has 2 heteroatoms. The van der Waals surface area contributed by atoms with Crippen LogP contribution < -0.4 is 0 Å². The van der Waals surface area contributed by atoms with Gasteiger partial charge >= 0.3 is 0 Å². The number of unbranched alkanes of at least 4 members (excludes halogenated alkanes) is 39. The van der Waals surface area contributed by atoms with Crippen LogP contribution in [0.15, 0.2) is 39.6 Å². The molecule has 0 amide bonds. The van der Waals surface area contributed by atoms with Crippen molar-refractivity contribution in [1.82, 2.24) is 0 Å². The Hall–Kier alpha value is -2.44. The van der Waals surface area contributed by atoms with Gasteiger partial charge in [-0.2, -0.15) is 0 Å². The highest BCUT2D eigenvalue weighted by molar-refractivity contribution is 7.70. The van der Waals surface area contributed by atoms with Gasteiger partial charge in [0, 0.05) is 36.5 Å². The Morgan fingerprint density at radius 1 is 0.451 bits per heavy atom. The van der Waals surface area contributed by atoms with Crippen molar-refractivity contribution in [2.45, 2.75) is 342 Å². The maximum Gasteiger partial charge on any atom is 0.140 e. The van der Waals surface area contributed by atoms with E-state index in [1.807, 2.05) is 0 Å². The van der Waals surface area contributed by atoms with E-state index >= 15 is 0 Å². The van der Waals surface area contributed by atoms with Crippen molar-refractivity contribution in [2.24, 2.45) is 10.9 Å². The van der Waals surface area contributed by atoms with Crippen LogP contribution >= 0.6 is 7.92 Å². The van der Waals surface area contributed by atoms with E-state index in [1.54, 1.807) is 0 Å². The van der Waals surface area contributed by atoms with E-state index in [2.05, 4.69) is 94.6 Å². The fraction of sp³-hybridized carbons (Fsp3) is 0.783. The molecule has 400 valence electrons. The van der Waals surface area contributed by atoms with E-state index in [4.69, 9.17) is 11.4 Å². The van der Waals surface area contributed by atoms with Crippen LogP contribution in [0.25, 0.3) is 0 Å². The van der Waals surface area contributed by atoms with Crippen LogP contribution in [0.1, 0.15) is 337 Å². The van der Waals surface area contributed by atoms with Gasteiger partial charge in [-0.1, -0.05) is 320 Å². The topological polar surface area (TPSA) is 12.4 Å². The van der Waals surface area contributed by atoms with Crippen molar-refractivity contribution in [1.29, 1.82) is 0 Å². The average Bonchev–Trinajstić information content (AvgIpc) is 3.92.